The molecule has 0 atom stereocenters. The fourth-order valence-electron chi connectivity index (χ4n) is 1.87. The lowest BCUT2D eigenvalue weighted by Gasteiger charge is -2.04. The van der Waals surface area contributed by atoms with Crippen molar-refractivity contribution in [2.75, 3.05) is 0 Å². The molecule has 0 aliphatic rings. The van der Waals surface area contributed by atoms with Gasteiger partial charge in [0.05, 0.1) is 5.69 Å². The Bertz CT molecular complexity index is 721. The third-order valence-corrected chi connectivity index (χ3v) is 3.66. The number of aromatic nitrogens is 1. The van der Waals surface area contributed by atoms with Gasteiger partial charge < -0.3 is 9.84 Å². The minimum absolute atomic E-state index is 0.257. The Kier molecular flexibility index (Phi) is 3.09. The maximum atomic E-state index is 9.50. The van der Waals surface area contributed by atoms with Gasteiger partial charge in [0.2, 0.25) is 0 Å². The second-order valence-corrected chi connectivity index (χ2v) is 5.07. The van der Waals surface area contributed by atoms with Crippen LogP contribution in [0.4, 0.5) is 0 Å². The number of benzene rings is 2. The molecule has 0 fully saturated rings. The van der Waals surface area contributed by atoms with Crippen molar-refractivity contribution in [2.45, 2.75) is 13.3 Å². The fraction of sp³-hybridized carbons (Fsp3) is 0.133. The molecule has 0 saturated heterocycles. The lowest BCUT2D eigenvalue weighted by Crippen LogP contribution is -1.85. The summed E-state index contributed by atoms with van der Waals surface area (Å²) in [6.07, 6.45) is 0.908. The van der Waals surface area contributed by atoms with E-state index in [4.69, 9.17) is 4.74 Å². The van der Waals surface area contributed by atoms with Crippen molar-refractivity contribution in [1.82, 2.24) is 4.98 Å². The molecule has 0 bridgehead atoms. The highest BCUT2D eigenvalue weighted by Gasteiger charge is 2.04. The number of hydrogen-bond donors (Lipinski definition) is 1. The molecule has 0 amide bonds. The molecule has 96 valence electrons. The Hall–Kier alpha value is -2.07. The van der Waals surface area contributed by atoms with Crippen LogP contribution in [0.25, 0.3) is 10.8 Å². The summed E-state index contributed by atoms with van der Waals surface area (Å²) in [5.74, 6) is 0.988. The minimum Gasteiger partial charge on any atom is -0.508 e. The number of aryl methyl sites for hydroxylation is 1. The van der Waals surface area contributed by atoms with E-state index in [0.29, 0.717) is 5.19 Å². The van der Waals surface area contributed by atoms with Gasteiger partial charge >= 0.3 is 0 Å². The molecule has 2 aromatic carbocycles. The Morgan fingerprint density at radius 1 is 1.16 bits per heavy atom. The van der Waals surface area contributed by atoms with Crippen LogP contribution in [0.3, 0.4) is 0 Å². The molecule has 1 aromatic heterocycles. The van der Waals surface area contributed by atoms with Crippen molar-refractivity contribution in [1.29, 1.82) is 0 Å². The van der Waals surface area contributed by atoms with Crippen molar-refractivity contribution in [3.8, 4) is 16.7 Å². The zero-order valence-corrected chi connectivity index (χ0v) is 11.3. The van der Waals surface area contributed by atoms with Crippen molar-refractivity contribution in [3.63, 3.8) is 0 Å². The standard InChI is InChI=1S/C15H13NO2S/c1-2-12-9-19-15(16-12)18-14-6-4-10-3-5-13(17)7-11(10)8-14/h3-9,17H,2H2,1H3. The highest BCUT2D eigenvalue weighted by Crippen LogP contribution is 2.29. The van der Waals surface area contributed by atoms with Gasteiger partial charge in [0.25, 0.3) is 5.19 Å². The van der Waals surface area contributed by atoms with Crippen molar-refractivity contribution in [2.24, 2.45) is 0 Å². The first-order chi connectivity index (χ1) is 9.24. The summed E-state index contributed by atoms with van der Waals surface area (Å²) in [6, 6.07) is 11.1. The Labute approximate surface area is 115 Å². The van der Waals surface area contributed by atoms with Gasteiger partial charge in [-0.15, -0.1) is 0 Å². The van der Waals surface area contributed by atoms with Crippen LogP contribution < -0.4 is 4.74 Å². The average Bonchev–Trinajstić information content (AvgIpc) is 2.86. The Morgan fingerprint density at radius 3 is 2.79 bits per heavy atom. The number of hydrogen-bond acceptors (Lipinski definition) is 4. The van der Waals surface area contributed by atoms with E-state index in [1.54, 1.807) is 12.1 Å². The van der Waals surface area contributed by atoms with Crippen LogP contribution in [0.5, 0.6) is 16.7 Å². The van der Waals surface area contributed by atoms with Gasteiger partial charge in [-0.2, -0.15) is 0 Å². The van der Waals surface area contributed by atoms with E-state index >= 15 is 0 Å². The predicted molar refractivity (Wildman–Crippen MR) is 77.2 cm³/mol. The number of thiazole rings is 1. The van der Waals surface area contributed by atoms with Gasteiger partial charge in [-0.25, -0.2) is 4.98 Å². The van der Waals surface area contributed by atoms with E-state index in [9.17, 15) is 5.11 Å². The first kappa shape index (κ1) is 12.0. The monoisotopic (exact) mass is 271 g/mol. The second-order valence-electron chi connectivity index (χ2n) is 4.25. The van der Waals surface area contributed by atoms with E-state index in [0.717, 1.165) is 28.6 Å². The Morgan fingerprint density at radius 2 is 2.00 bits per heavy atom. The number of phenols is 1. The van der Waals surface area contributed by atoms with E-state index in [-0.39, 0.29) is 5.75 Å². The number of nitrogens with zero attached hydrogens (tertiary/aromatic N) is 1. The number of fused-ring (bicyclic) bond motifs is 1. The van der Waals surface area contributed by atoms with Gasteiger partial charge in [0.15, 0.2) is 0 Å². The number of ether oxygens (including phenoxy) is 1. The number of aromatic hydroxyl groups is 1. The van der Waals surface area contributed by atoms with E-state index in [2.05, 4.69) is 11.9 Å². The molecule has 0 aliphatic carbocycles. The molecule has 19 heavy (non-hydrogen) atoms. The predicted octanol–water partition coefficient (Wildman–Crippen LogP) is 4.36. The van der Waals surface area contributed by atoms with E-state index in [1.165, 1.54) is 11.3 Å². The van der Waals surface area contributed by atoms with Crippen LogP contribution in [0.2, 0.25) is 0 Å². The highest BCUT2D eigenvalue weighted by atomic mass is 32.1. The first-order valence-corrected chi connectivity index (χ1v) is 6.97. The molecule has 0 spiro atoms. The second kappa shape index (κ2) is 4.90. The lowest BCUT2D eigenvalue weighted by atomic mass is 10.1. The van der Waals surface area contributed by atoms with Gasteiger partial charge in [-0.05, 0) is 41.5 Å². The summed E-state index contributed by atoms with van der Waals surface area (Å²) in [6.45, 7) is 2.07. The molecule has 1 N–H and O–H groups in total. The van der Waals surface area contributed by atoms with Crippen LogP contribution in [0.15, 0.2) is 41.8 Å². The Balaban J connectivity index is 1.92. The molecular weight excluding hydrogens is 258 g/mol. The molecule has 1 heterocycles. The van der Waals surface area contributed by atoms with Crippen LogP contribution in [-0.4, -0.2) is 10.1 Å². The van der Waals surface area contributed by atoms with Crippen molar-refractivity contribution in [3.05, 3.63) is 47.5 Å². The number of rotatable bonds is 3. The quantitative estimate of drug-likeness (QED) is 0.769. The number of phenolic OH excluding ortho intramolecular Hbond substituents is 1. The van der Waals surface area contributed by atoms with Crippen LogP contribution in [-0.2, 0) is 6.42 Å². The van der Waals surface area contributed by atoms with Crippen LogP contribution in [0, 0.1) is 0 Å². The molecule has 3 nitrogen and oxygen atoms in total. The van der Waals surface area contributed by atoms with E-state index < -0.39 is 0 Å². The van der Waals surface area contributed by atoms with Gasteiger partial charge in [0, 0.05) is 5.38 Å². The zero-order valence-electron chi connectivity index (χ0n) is 10.5. The van der Waals surface area contributed by atoms with Crippen molar-refractivity contribution < 1.29 is 9.84 Å². The van der Waals surface area contributed by atoms with Gasteiger partial charge in [-0.1, -0.05) is 30.4 Å². The molecule has 0 aliphatic heterocycles. The summed E-state index contributed by atoms with van der Waals surface area (Å²) < 4.78 is 5.73. The molecule has 3 aromatic rings. The molecular formula is C15H13NO2S. The fourth-order valence-corrected chi connectivity index (χ4v) is 2.64. The summed E-state index contributed by atoms with van der Waals surface area (Å²) in [5.41, 5.74) is 1.04. The maximum Gasteiger partial charge on any atom is 0.278 e. The topological polar surface area (TPSA) is 42.4 Å². The zero-order chi connectivity index (χ0) is 13.2. The molecule has 3 rings (SSSR count). The SMILES string of the molecule is CCc1csc(Oc2ccc3ccc(O)cc3c2)n1. The summed E-state index contributed by atoms with van der Waals surface area (Å²) in [4.78, 5) is 4.37. The summed E-state index contributed by atoms with van der Waals surface area (Å²) in [7, 11) is 0. The van der Waals surface area contributed by atoms with Gasteiger partial charge in [-0.3, -0.25) is 0 Å². The summed E-state index contributed by atoms with van der Waals surface area (Å²) in [5, 5.41) is 14.2. The average molecular weight is 271 g/mol. The third-order valence-electron chi connectivity index (χ3n) is 2.89. The van der Waals surface area contributed by atoms with E-state index in [1.807, 2.05) is 29.6 Å². The van der Waals surface area contributed by atoms with Crippen LogP contribution in [0.1, 0.15) is 12.6 Å². The first-order valence-electron chi connectivity index (χ1n) is 6.09. The van der Waals surface area contributed by atoms with Gasteiger partial charge in [0.1, 0.15) is 11.5 Å². The highest BCUT2D eigenvalue weighted by molar-refractivity contribution is 7.11. The molecule has 0 unspecified atom stereocenters. The minimum atomic E-state index is 0.257. The maximum absolute atomic E-state index is 9.50. The lowest BCUT2D eigenvalue weighted by molar-refractivity contribution is 0.475. The molecule has 4 heteroatoms. The van der Waals surface area contributed by atoms with Crippen molar-refractivity contribution >= 4 is 22.1 Å². The molecule has 0 saturated carbocycles. The smallest absolute Gasteiger partial charge is 0.278 e. The third kappa shape index (κ3) is 2.53. The van der Waals surface area contributed by atoms with Crippen LogP contribution >= 0.6 is 11.3 Å². The largest absolute Gasteiger partial charge is 0.508 e. The normalized spacial score (nSPS) is 10.8. The summed E-state index contributed by atoms with van der Waals surface area (Å²) >= 11 is 1.49. The molecule has 0 radical (unpaired) electrons.